The first-order chi connectivity index (χ1) is 15.8. The van der Waals surface area contributed by atoms with Crippen molar-refractivity contribution in [2.45, 2.75) is 31.5 Å². The summed E-state index contributed by atoms with van der Waals surface area (Å²) in [4.78, 5) is 38.5. The summed E-state index contributed by atoms with van der Waals surface area (Å²) in [7, 11) is 0. The fourth-order valence-electron chi connectivity index (χ4n) is 4.13. The lowest BCUT2D eigenvalue weighted by Gasteiger charge is -2.23. The third-order valence-electron chi connectivity index (χ3n) is 5.75. The van der Waals surface area contributed by atoms with Gasteiger partial charge in [-0.05, 0) is 24.1 Å². The van der Waals surface area contributed by atoms with Crippen LogP contribution >= 0.6 is 0 Å². The number of aromatic nitrogens is 1. The molecular weight excluding hydrogens is 437 g/mol. The lowest BCUT2D eigenvalue weighted by molar-refractivity contribution is -0.122. The third kappa shape index (κ3) is 4.41. The fraction of sp³-hybridized carbons (Fsp3) is 0.261. The largest absolute Gasteiger partial charge is 0.351 e. The molecule has 3 aromatic rings. The van der Waals surface area contributed by atoms with Gasteiger partial charge in [0.05, 0.1) is 23.8 Å². The number of hydrogen-bond acceptors (Lipinski definition) is 3. The van der Waals surface area contributed by atoms with Crippen LogP contribution in [0.5, 0.6) is 0 Å². The van der Waals surface area contributed by atoms with Crippen molar-refractivity contribution in [1.29, 1.82) is 0 Å². The number of primary amides is 1. The van der Waals surface area contributed by atoms with Gasteiger partial charge in [0.15, 0.2) is 17.4 Å². The monoisotopic (exact) mass is 458 g/mol. The average Bonchev–Trinajstić information content (AvgIpc) is 3.36. The van der Waals surface area contributed by atoms with E-state index < -0.39 is 41.7 Å². The van der Waals surface area contributed by atoms with Gasteiger partial charge in [0.2, 0.25) is 0 Å². The molecule has 172 valence electrons. The molecule has 33 heavy (non-hydrogen) atoms. The maximum atomic E-state index is 14.2. The highest BCUT2D eigenvalue weighted by molar-refractivity contribution is 6.05. The highest BCUT2D eigenvalue weighted by Crippen LogP contribution is 2.28. The number of Topliss-reactive ketones (excluding diaryl/α,β-unsaturated/α-hetero) is 1. The first kappa shape index (κ1) is 22.4. The molecule has 2 atom stereocenters. The molecule has 2 heterocycles. The number of urea groups is 1. The number of fused-ring (bicyclic) bond motifs is 1. The highest BCUT2D eigenvalue weighted by Gasteiger charge is 2.39. The molecule has 0 aliphatic carbocycles. The average molecular weight is 458 g/mol. The molecule has 0 spiro atoms. The van der Waals surface area contributed by atoms with E-state index in [0.29, 0.717) is 10.9 Å². The minimum atomic E-state index is -1.40. The second-order valence-electron chi connectivity index (χ2n) is 7.88. The number of benzene rings is 2. The zero-order valence-corrected chi connectivity index (χ0v) is 17.4. The molecule has 0 radical (unpaired) electrons. The number of alkyl halides is 1. The van der Waals surface area contributed by atoms with Crippen LogP contribution in [0.15, 0.2) is 48.7 Å². The zero-order chi connectivity index (χ0) is 23.7. The summed E-state index contributed by atoms with van der Waals surface area (Å²) in [5.74, 6) is -2.49. The van der Waals surface area contributed by atoms with Gasteiger partial charge in [-0.2, -0.15) is 0 Å². The summed E-state index contributed by atoms with van der Waals surface area (Å²) in [5, 5.41) is 3.17. The van der Waals surface area contributed by atoms with Gasteiger partial charge in [-0.1, -0.05) is 30.3 Å². The van der Waals surface area contributed by atoms with Crippen LogP contribution in [-0.2, 0) is 11.2 Å². The molecule has 7 nitrogen and oxygen atoms in total. The molecule has 0 saturated carbocycles. The number of carbonyl (C=O) groups is 3. The Bertz CT molecular complexity index is 1240. The van der Waals surface area contributed by atoms with Gasteiger partial charge in [-0.15, -0.1) is 0 Å². The molecule has 3 N–H and O–H groups in total. The van der Waals surface area contributed by atoms with E-state index in [1.54, 1.807) is 24.3 Å². The number of halogens is 3. The van der Waals surface area contributed by atoms with Crippen LogP contribution in [0.1, 0.15) is 18.4 Å². The van der Waals surface area contributed by atoms with Crippen LogP contribution in [0.3, 0.4) is 0 Å². The van der Waals surface area contributed by atoms with Gasteiger partial charge in [0.1, 0.15) is 6.17 Å². The molecule has 10 heteroatoms. The maximum Gasteiger partial charge on any atom is 0.323 e. The third-order valence-corrected chi connectivity index (χ3v) is 5.75. The molecule has 1 aliphatic rings. The standard InChI is InChI=1S/C23H21F3N4O3/c24-14-10-19(20(31)9-8-13-4-3-6-16(25)21(13)26)30(11-14)23(33)28-17-12-29(22(27)32)18-7-2-1-5-15(17)18/h1-7,12,14,19H,8-11H2,(H2,27,32)(H,28,33)/t14-,19+/m1/s1. The van der Waals surface area contributed by atoms with Crippen molar-refractivity contribution in [2.24, 2.45) is 5.73 Å². The maximum absolute atomic E-state index is 14.2. The Morgan fingerprint density at radius 3 is 2.61 bits per heavy atom. The van der Waals surface area contributed by atoms with Crippen molar-refractivity contribution >= 4 is 34.4 Å². The van der Waals surface area contributed by atoms with E-state index in [1.807, 2.05) is 0 Å². The van der Waals surface area contributed by atoms with Crippen LogP contribution in [0, 0.1) is 11.6 Å². The highest BCUT2D eigenvalue weighted by atomic mass is 19.2. The van der Waals surface area contributed by atoms with Crippen LogP contribution in [-0.4, -0.2) is 46.1 Å². The zero-order valence-electron chi connectivity index (χ0n) is 17.4. The van der Waals surface area contributed by atoms with Crippen molar-refractivity contribution in [3.63, 3.8) is 0 Å². The Hall–Kier alpha value is -3.82. The predicted octanol–water partition coefficient (Wildman–Crippen LogP) is 3.99. The van der Waals surface area contributed by atoms with Gasteiger partial charge < -0.3 is 16.0 Å². The molecule has 1 fully saturated rings. The number of aryl methyl sites for hydroxylation is 1. The lowest BCUT2D eigenvalue weighted by atomic mass is 10.0. The van der Waals surface area contributed by atoms with E-state index in [4.69, 9.17) is 5.73 Å². The smallest absolute Gasteiger partial charge is 0.323 e. The van der Waals surface area contributed by atoms with Crippen LogP contribution in [0.2, 0.25) is 0 Å². The number of amides is 3. The molecule has 4 rings (SSSR count). The number of likely N-dealkylation sites (tertiary alicyclic amines) is 1. The summed E-state index contributed by atoms with van der Waals surface area (Å²) in [6.45, 7) is -0.287. The van der Waals surface area contributed by atoms with E-state index in [9.17, 15) is 27.6 Å². The summed E-state index contributed by atoms with van der Waals surface area (Å²) in [6.07, 6.45) is -0.471. The molecule has 1 aliphatic heterocycles. The van der Waals surface area contributed by atoms with Crippen molar-refractivity contribution < 1.29 is 27.6 Å². The fourth-order valence-corrected chi connectivity index (χ4v) is 4.13. The topological polar surface area (TPSA) is 97.4 Å². The number of anilines is 1. The van der Waals surface area contributed by atoms with E-state index >= 15 is 0 Å². The number of rotatable bonds is 5. The van der Waals surface area contributed by atoms with Gasteiger partial charge in [0, 0.05) is 24.4 Å². The Morgan fingerprint density at radius 1 is 1.09 bits per heavy atom. The Balaban J connectivity index is 1.50. The number of carbonyl (C=O) groups excluding carboxylic acids is 3. The number of nitrogens with one attached hydrogen (secondary N) is 1. The van der Waals surface area contributed by atoms with E-state index in [1.165, 1.54) is 22.9 Å². The quantitative estimate of drug-likeness (QED) is 0.605. The molecule has 2 aromatic carbocycles. The minimum Gasteiger partial charge on any atom is -0.351 e. The number of ketones is 1. The number of nitrogens with zero attached hydrogens (tertiary/aromatic N) is 2. The van der Waals surface area contributed by atoms with E-state index in [-0.39, 0.29) is 37.1 Å². The van der Waals surface area contributed by atoms with Gasteiger partial charge in [-0.25, -0.2) is 22.8 Å². The molecule has 1 saturated heterocycles. The minimum absolute atomic E-state index is 0.0356. The number of hydrogen-bond donors (Lipinski definition) is 2. The van der Waals surface area contributed by atoms with Crippen LogP contribution < -0.4 is 11.1 Å². The second kappa shape index (κ2) is 8.97. The second-order valence-corrected chi connectivity index (χ2v) is 7.88. The number of para-hydroxylation sites is 1. The van der Waals surface area contributed by atoms with Gasteiger partial charge in [0.25, 0.3) is 0 Å². The molecule has 0 bridgehead atoms. The SMILES string of the molecule is NC(=O)n1cc(NC(=O)N2C[C@H](F)C[C@H]2C(=O)CCc2cccc(F)c2F)c2ccccc21. The summed E-state index contributed by atoms with van der Waals surface area (Å²) >= 11 is 0. The van der Waals surface area contributed by atoms with Crippen molar-refractivity contribution in [1.82, 2.24) is 9.47 Å². The lowest BCUT2D eigenvalue weighted by Crippen LogP contribution is -2.43. The summed E-state index contributed by atoms with van der Waals surface area (Å²) in [6, 6.07) is 7.96. The van der Waals surface area contributed by atoms with Crippen LogP contribution in [0.25, 0.3) is 10.9 Å². The number of nitrogens with two attached hydrogens (primary N) is 1. The Kier molecular flexibility index (Phi) is 6.08. The molecule has 1 aromatic heterocycles. The Morgan fingerprint density at radius 2 is 1.85 bits per heavy atom. The van der Waals surface area contributed by atoms with Crippen molar-refractivity contribution in [3.05, 3.63) is 65.9 Å². The van der Waals surface area contributed by atoms with Gasteiger partial charge >= 0.3 is 12.1 Å². The van der Waals surface area contributed by atoms with E-state index in [2.05, 4.69) is 5.32 Å². The molecule has 3 amide bonds. The van der Waals surface area contributed by atoms with Crippen LogP contribution in [0.4, 0.5) is 28.4 Å². The van der Waals surface area contributed by atoms with Crippen molar-refractivity contribution in [2.75, 3.05) is 11.9 Å². The van der Waals surface area contributed by atoms with E-state index in [0.717, 1.165) is 11.0 Å². The molecule has 0 unspecified atom stereocenters. The predicted molar refractivity (Wildman–Crippen MR) is 116 cm³/mol. The van der Waals surface area contributed by atoms with Gasteiger partial charge in [-0.3, -0.25) is 9.36 Å². The Labute approximate surface area is 186 Å². The first-order valence-corrected chi connectivity index (χ1v) is 10.3. The molecular formula is C23H21F3N4O3. The normalized spacial score (nSPS) is 18.0. The summed E-state index contributed by atoms with van der Waals surface area (Å²) in [5.41, 5.74) is 6.18. The summed E-state index contributed by atoms with van der Waals surface area (Å²) < 4.78 is 42.6. The first-order valence-electron chi connectivity index (χ1n) is 10.3. The van der Waals surface area contributed by atoms with Crippen molar-refractivity contribution in [3.8, 4) is 0 Å².